The van der Waals surface area contributed by atoms with Gasteiger partial charge in [-0.05, 0) is 24.3 Å². The van der Waals surface area contributed by atoms with Gasteiger partial charge in [-0.2, -0.15) is 0 Å². The van der Waals surface area contributed by atoms with Crippen LogP contribution in [0, 0.1) is 0 Å². The predicted octanol–water partition coefficient (Wildman–Crippen LogP) is 3.81. The first-order chi connectivity index (χ1) is 10.5. The fourth-order valence-electron chi connectivity index (χ4n) is 1.91. The van der Waals surface area contributed by atoms with Gasteiger partial charge in [-0.3, -0.25) is 4.40 Å². The zero-order chi connectivity index (χ0) is 15.7. The first kappa shape index (κ1) is 14.0. The van der Waals surface area contributed by atoms with Gasteiger partial charge in [-0.25, -0.2) is 9.78 Å². The van der Waals surface area contributed by atoms with Gasteiger partial charge in [0, 0.05) is 12.3 Å². The number of carbonyl (C=O) groups is 1. The van der Waals surface area contributed by atoms with Crippen molar-refractivity contribution in [2.75, 3.05) is 0 Å². The van der Waals surface area contributed by atoms with Gasteiger partial charge in [-0.1, -0.05) is 17.7 Å². The number of pyridine rings is 1. The molecule has 0 atom stereocenters. The lowest BCUT2D eigenvalue weighted by Gasteiger charge is -1.97. The molecular formula is C14H9ClN4O3. The first-order valence-electron chi connectivity index (χ1n) is 6.16. The Labute approximate surface area is 129 Å². The van der Waals surface area contributed by atoms with Gasteiger partial charge in [0.2, 0.25) is 0 Å². The van der Waals surface area contributed by atoms with E-state index in [4.69, 9.17) is 11.6 Å². The summed E-state index contributed by atoms with van der Waals surface area (Å²) in [6.07, 6.45) is 1.51. The number of hydrogen-bond donors (Lipinski definition) is 2. The Morgan fingerprint density at radius 2 is 2.05 bits per heavy atom. The second-order valence-electron chi connectivity index (χ2n) is 4.38. The molecular weight excluding hydrogens is 308 g/mol. The number of aromatic hydroxyl groups is 1. The van der Waals surface area contributed by atoms with Crippen molar-refractivity contribution in [3.05, 3.63) is 53.3 Å². The molecule has 2 aromatic heterocycles. The van der Waals surface area contributed by atoms with Crippen LogP contribution < -0.4 is 0 Å². The Bertz CT molecular complexity index is 904. The highest BCUT2D eigenvalue weighted by Gasteiger charge is 2.18. The van der Waals surface area contributed by atoms with Crippen LogP contribution in [-0.2, 0) is 0 Å². The van der Waals surface area contributed by atoms with Gasteiger partial charge in [0.15, 0.2) is 11.5 Å². The number of imidazole rings is 1. The second-order valence-corrected chi connectivity index (χ2v) is 4.82. The van der Waals surface area contributed by atoms with Gasteiger partial charge in [-0.15, -0.1) is 10.2 Å². The molecule has 8 heteroatoms. The number of azo groups is 1. The molecule has 110 valence electrons. The van der Waals surface area contributed by atoms with Crippen LogP contribution in [0.4, 0.5) is 11.5 Å². The highest BCUT2D eigenvalue weighted by Crippen LogP contribution is 2.26. The van der Waals surface area contributed by atoms with Gasteiger partial charge >= 0.3 is 5.97 Å². The van der Waals surface area contributed by atoms with Gasteiger partial charge in [0.1, 0.15) is 11.4 Å². The van der Waals surface area contributed by atoms with Crippen molar-refractivity contribution in [3.8, 4) is 5.75 Å². The Hall–Kier alpha value is -2.93. The number of nitrogens with zero attached hydrogens (tertiary/aromatic N) is 4. The molecule has 0 aliphatic heterocycles. The van der Waals surface area contributed by atoms with Crippen molar-refractivity contribution in [1.82, 2.24) is 9.38 Å². The minimum atomic E-state index is -1.22. The fraction of sp³-hybridized carbons (Fsp3) is 0. The smallest absolute Gasteiger partial charge is 0.358 e. The van der Waals surface area contributed by atoms with E-state index in [9.17, 15) is 15.0 Å². The quantitative estimate of drug-likeness (QED) is 0.717. The Balaban J connectivity index is 2.14. The molecule has 0 saturated heterocycles. The summed E-state index contributed by atoms with van der Waals surface area (Å²) in [5, 5.41) is 26.9. The number of carboxylic acids is 1. The molecule has 7 nitrogen and oxygen atoms in total. The number of fused-ring (bicyclic) bond motifs is 1. The molecule has 0 radical (unpaired) electrons. The zero-order valence-corrected chi connectivity index (χ0v) is 11.8. The second kappa shape index (κ2) is 5.45. The number of halogens is 1. The minimum Gasteiger partial charge on any atom is -0.508 e. The van der Waals surface area contributed by atoms with Crippen LogP contribution >= 0.6 is 11.6 Å². The van der Waals surface area contributed by atoms with E-state index in [0.29, 0.717) is 16.4 Å². The van der Waals surface area contributed by atoms with E-state index in [2.05, 4.69) is 15.2 Å². The molecule has 0 aliphatic rings. The maximum Gasteiger partial charge on any atom is 0.358 e. The van der Waals surface area contributed by atoms with E-state index in [1.165, 1.54) is 22.7 Å². The number of aromatic carboxylic acids is 1. The third kappa shape index (κ3) is 2.61. The Kier molecular flexibility index (Phi) is 3.48. The summed E-state index contributed by atoms with van der Waals surface area (Å²) in [5.41, 5.74) is 0.547. The van der Waals surface area contributed by atoms with Crippen molar-refractivity contribution in [2.24, 2.45) is 10.2 Å². The van der Waals surface area contributed by atoms with Crippen molar-refractivity contribution in [2.45, 2.75) is 0 Å². The van der Waals surface area contributed by atoms with E-state index < -0.39 is 5.97 Å². The van der Waals surface area contributed by atoms with E-state index in [0.717, 1.165) is 0 Å². The van der Waals surface area contributed by atoms with Crippen LogP contribution in [0.25, 0.3) is 5.65 Å². The van der Waals surface area contributed by atoms with Crippen LogP contribution in [-0.4, -0.2) is 25.6 Å². The van der Waals surface area contributed by atoms with Gasteiger partial charge in [0.05, 0.1) is 10.7 Å². The summed E-state index contributed by atoms with van der Waals surface area (Å²) in [6, 6.07) is 9.32. The first-order valence-corrected chi connectivity index (χ1v) is 6.54. The molecule has 0 fully saturated rings. The third-order valence-corrected chi connectivity index (χ3v) is 3.07. The molecule has 0 amide bonds. The Morgan fingerprint density at radius 3 is 2.77 bits per heavy atom. The largest absolute Gasteiger partial charge is 0.508 e. The van der Waals surface area contributed by atoms with Crippen LogP contribution in [0.5, 0.6) is 5.75 Å². The van der Waals surface area contributed by atoms with Crippen LogP contribution in [0.1, 0.15) is 10.5 Å². The molecule has 2 N–H and O–H groups in total. The van der Waals surface area contributed by atoms with Crippen molar-refractivity contribution in [3.63, 3.8) is 0 Å². The lowest BCUT2D eigenvalue weighted by Crippen LogP contribution is -1.96. The molecule has 1 aromatic carbocycles. The molecule has 3 rings (SSSR count). The molecule has 0 aliphatic carbocycles. The number of hydrogen-bond acceptors (Lipinski definition) is 5. The predicted molar refractivity (Wildman–Crippen MR) is 79.4 cm³/mol. The van der Waals surface area contributed by atoms with Crippen LogP contribution in [0.3, 0.4) is 0 Å². The SMILES string of the molecule is O=C(O)c1nc2ccc(Cl)cn2c1N=Nc1cccc(O)c1. The maximum atomic E-state index is 11.3. The van der Waals surface area contributed by atoms with Crippen molar-refractivity contribution in [1.29, 1.82) is 0 Å². The van der Waals surface area contributed by atoms with Crippen LogP contribution in [0.2, 0.25) is 5.02 Å². The molecule has 0 spiro atoms. The average molecular weight is 317 g/mol. The number of rotatable bonds is 3. The highest BCUT2D eigenvalue weighted by atomic mass is 35.5. The topological polar surface area (TPSA) is 99.5 Å². The number of phenols is 1. The summed E-state index contributed by atoms with van der Waals surface area (Å²) in [6.45, 7) is 0. The number of benzene rings is 1. The fourth-order valence-corrected chi connectivity index (χ4v) is 2.07. The standard InChI is InChI=1S/C14H9ClN4O3/c15-8-4-5-11-16-12(14(21)22)13(19(11)7-8)18-17-9-2-1-3-10(20)6-9/h1-7,20H,(H,21,22). The van der Waals surface area contributed by atoms with Crippen LogP contribution in [0.15, 0.2) is 52.8 Å². The van der Waals surface area contributed by atoms with Crippen molar-refractivity contribution >= 4 is 34.7 Å². The monoisotopic (exact) mass is 316 g/mol. The molecule has 0 unspecified atom stereocenters. The summed E-state index contributed by atoms with van der Waals surface area (Å²) >= 11 is 5.92. The number of phenolic OH excluding ortho intramolecular Hbond substituents is 1. The molecule has 0 bridgehead atoms. The summed E-state index contributed by atoms with van der Waals surface area (Å²) in [7, 11) is 0. The number of aromatic nitrogens is 2. The average Bonchev–Trinajstić information content (AvgIpc) is 2.83. The lowest BCUT2D eigenvalue weighted by atomic mass is 10.3. The molecule has 0 saturated carbocycles. The maximum absolute atomic E-state index is 11.3. The number of carboxylic acid groups (broad SMARTS) is 1. The zero-order valence-electron chi connectivity index (χ0n) is 11.0. The van der Waals surface area contributed by atoms with E-state index in [1.54, 1.807) is 24.3 Å². The molecule has 2 heterocycles. The van der Waals surface area contributed by atoms with Crippen molar-refractivity contribution < 1.29 is 15.0 Å². The normalized spacial score (nSPS) is 11.3. The summed E-state index contributed by atoms with van der Waals surface area (Å²) < 4.78 is 1.44. The Morgan fingerprint density at radius 1 is 1.23 bits per heavy atom. The van der Waals surface area contributed by atoms with E-state index in [-0.39, 0.29) is 17.3 Å². The summed E-state index contributed by atoms with van der Waals surface area (Å²) in [4.78, 5) is 15.3. The summed E-state index contributed by atoms with van der Waals surface area (Å²) in [5.74, 6) is -1.13. The van der Waals surface area contributed by atoms with E-state index >= 15 is 0 Å². The van der Waals surface area contributed by atoms with E-state index in [1.807, 2.05) is 0 Å². The van der Waals surface area contributed by atoms with Gasteiger partial charge in [0.25, 0.3) is 0 Å². The third-order valence-electron chi connectivity index (χ3n) is 2.85. The lowest BCUT2D eigenvalue weighted by molar-refractivity contribution is 0.0692. The molecule has 22 heavy (non-hydrogen) atoms. The van der Waals surface area contributed by atoms with Gasteiger partial charge < -0.3 is 10.2 Å². The molecule has 3 aromatic rings. The highest BCUT2D eigenvalue weighted by molar-refractivity contribution is 6.30. The minimum absolute atomic E-state index is 0.0381.